The zero-order valence-corrected chi connectivity index (χ0v) is 14.0. The first-order chi connectivity index (χ1) is 11.5. The molecule has 1 aliphatic rings. The molecule has 0 saturated carbocycles. The summed E-state index contributed by atoms with van der Waals surface area (Å²) in [5, 5.41) is 11.7. The van der Waals surface area contributed by atoms with E-state index in [-0.39, 0.29) is 37.1 Å². The van der Waals surface area contributed by atoms with Crippen molar-refractivity contribution < 1.29 is 18.7 Å². The van der Waals surface area contributed by atoms with Crippen molar-refractivity contribution in [2.45, 2.75) is 19.4 Å². The zero-order valence-electron chi connectivity index (χ0n) is 14.0. The maximum atomic E-state index is 13.6. The van der Waals surface area contributed by atoms with Crippen molar-refractivity contribution in [1.29, 1.82) is 0 Å². The standard InChI is InChI=1S/C17H25F2N3O2/c1-13(11-14-15(18)3-2-4-16(14)19)20-17(24)12-22-7-5-21(6-8-22)9-10-23/h2-4,13,23H,5-12H2,1H3,(H,20,24). The van der Waals surface area contributed by atoms with Crippen molar-refractivity contribution in [3.05, 3.63) is 35.4 Å². The number of carbonyl (C=O) groups excluding carboxylic acids is 1. The lowest BCUT2D eigenvalue weighted by Crippen LogP contribution is -2.50. The summed E-state index contributed by atoms with van der Waals surface area (Å²) in [6.07, 6.45) is 0.120. The van der Waals surface area contributed by atoms with Crippen LogP contribution >= 0.6 is 0 Å². The molecule has 0 radical (unpaired) electrons. The molecule has 7 heteroatoms. The van der Waals surface area contributed by atoms with Gasteiger partial charge >= 0.3 is 0 Å². The van der Waals surface area contributed by atoms with Crippen LogP contribution in [-0.4, -0.2) is 72.7 Å². The Morgan fingerprint density at radius 1 is 1.21 bits per heavy atom. The van der Waals surface area contributed by atoms with Gasteiger partial charge in [0, 0.05) is 44.3 Å². The predicted molar refractivity (Wildman–Crippen MR) is 87.6 cm³/mol. The zero-order chi connectivity index (χ0) is 17.5. The Hall–Kier alpha value is -1.57. The molecule has 0 spiro atoms. The van der Waals surface area contributed by atoms with Crippen LogP contribution < -0.4 is 5.32 Å². The largest absolute Gasteiger partial charge is 0.395 e. The molecule has 5 nitrogen and oxygen atoms in total. The molecule has 2 rings (SSSR count). The molecule has 1 aromatic carbocycles. The van der Waals surface area contributed by atoms with Gasteiger partial charge in [0.25, 0.3) is 0 Å². The number of hydrogen-bond donors (Lipinski definition) is 2. The van der Waals surface area contributed by atoms with Crippen LogP contribution in [0.3, 0.4) is 0 Å². The van der Waals surface area contributed by atoms with Gasteiger partial charge in [-0.05, 0) is 25.5 Å². The third kappa shape index (κ3) is 5.51. The van der Waals surface area contributed by atoms with E-state index in [0.717, 1.165) is 26.2 Å². The number of nitrogens with one attached hydrogen (secondary N) is 1. The second-order valence-electron chi connectivity index (χ2n) is 6.21. The minimum atomic E-state index is -0.587. The lowest BCUT2D eigenvalue weighted by molar-refractivity contribution is -0.123. The molecule has 1 heterocycles. The lowest BCUT2D eigenvalue weighted by Gasteiger charge is -2.34. The first kappa shape index (κ1) is 18.8. The molecular weight excluding hydrogens is 316 g/mol. The van der Waals surface area contributed by atoms with Crippen molar-refractivity contribution in [2.75, 3.05) is 45.9 Å². The Bertz CT molecular complexity index is 528. The van der Waals surface area contributed by atoms with E-state index >= 15 is 0 Å². The van der Waals surface area contributed by atoms with E-state index in [1.807, 2.05) is 4.90 Å². The summed E-state index contributed by atoms with van der Waals surface area (Å²) in [6, 6.07) is 3.42. The van der Waals surface area contributed by atoms with Gasteiger partial charge < -0.3 is 10.4 Å². The maximum absolute atomic E-state index is 13.6. The van der Waals surface area contributed by atoms with Crippen molar-refractivity contribution in [3.63, 3.8) is 0 Å². The normalized spacial score (nSPS) is 17.7. The lowest BCUT2D eigenvalue weighted by atomic mass is 10.1. The Labute approximate surface area is 141 Å². The fourth-order valence-electron chi connectivity index (χ4n) is 2.92. The van der Waals surface area contributed by atoms with Crippen LogP contribution in [0.4, 0.5) is 8.78 Å². The molecule has 1 aliphatic heterocycles. The summed E-state index contributed by atoms with van der Waals surface area (Å²) in [7, 11) is 0. The molecule has 0 aromatic heterocycles. The third-order valence-electron chi connectivity index (χ3n) is 4.23. The van der Waals surface area contributed by atoms with Crippen molar-refractivity contribution in [1.82, 2.24) is 15.1 Å². The molecular formula is C17H25F2N3O2. The number of halogens is 2. The summed E-state index contributed by atoms with van der Waals surface area (Å²) in [5.41, 5.74) is 0.00270. The second-order valence-corrected chi connectivity index (χ2v) is 6.21. The molecule has 1 fully saturated rings. The van der Waals surface area contributed by atoms with Gasteiger partial charge in [-0.1, -0.05) is 6.07 Å². The summed E-state index contributed by atoms with van der Waals surface area (Å²) in [4.78, 5) is 16.3. The minimum Gasteiger partial charge on any atom is -0.395 e. The van der Waals surface area contributed by atoms with Crippen LogP contribution in [-0.2, 0) is 11.2 Å². The minimum absolute atomic E-state index is 0.00270. The first-order valence-corrected chi connectivity index (χ1v) is 8.27. The molecule has 0 bridgehead atoms. The molecule has 0 aliphatic carbocycles. The number of aliphatic hydroxyl groups is 1. The topological polar surface area (TPSA) is 55.8 Å². The fraction of sp³-hybridized carbons (Fsp3) is 0.588. The van der Waals surface area contributed by atoms with E-state index in [9.17, 15) is 13.6 Å². The summed E-state index contributed by atoms with van der Waals surface area (Å²) in [5.74, 6) is -1.32. The van der Waals surface area contributed by atoms with Crippen molar-refractivity contribution in [3.8, 4) is 0 Å². The van der Waals surface area contributed by atoms with Crippen LogP contribution in [0.2, 0.25) is 0 Å². The van der Waals surface area contributed by atoms with Gasteiger partial charge in [0.2, 0.25) is 5.91 Å². The van der Waals surface area contributed by atoms with Gasteiger partial charge in [0.1, 0.15) is 11.6 Å². The van der Waals surface area contributed by atoms with Gasteiger partial charge in [0.05, 0.1) is 13.2 Å². The van der Waals surface area contributed by atoms with E-state index in [1.54, 1.807) is 6.92 Å². The predicted octanol–water partition coefficient (Wildman–Crippen LogP) is 0.622. The van der Waals surface area contributed by atoms with Gasteiger partial charge in [-0.15, -0.1) is 0 Å². The number of rotatable bonds is 7. The maximum Gasteiger partial charge on any atom is 0.234 e. The summed E-state index contributed by atoms with van der Waals surface area (Å²) >= 11 is 0. The highest BCUT2D eigenvalue weighted by atomic mass is 19.1. The third-order valence-corrected chi connectivity index (χ3v) is 4.23. The number of carbonyl (C=O) groups is 1. The molecule has 134 valence electrons. The number of β-amino-alcohol motifs (C(OH)–C–C–N with tert-alkyl or cyclic N) is 1. The van der Waals surface area contributed by atoms with Crippen molar-refractivity contribution >= 4 is 5.91 Å². The highest BCUT2D eigenvalue weighted by Crippen LogP contribution is 2.14. The van der Waals surface area contributed by atoms with Crippen LogP contribution in [0.1, 0.15) is 12.5 Å². The quantitative estimate of drug-likeness (QED) is 0.764. The second kappa shape index (κ2) is 9.05. The van der Waals surface area contributed by atoms with Crippen molar-refractivity contribution in [2.24, 2.45) is 0 Å². The molecule has 1 aromatic rings. The van der Waals surface area contributed by atoms with Gasteiger partial charge in [-0.3, -0.25) is 14.6 Å². The summed E-state index contributed by atoms with van der Waals surface area (Å²) < 4.78 is 27.3. The van der Waals surface area contributed by atoms with Crippen LogP contribution in [0, 0.1) is 11.6 Å². The highest BCUT2D eigenvalue weighted by Gasteiger charge is 2.20. The molecule has 1 unspecified atom stereocenters. The number of hydrogen-bond acceptors (Lipinski definition) is 4. The van der Waals surface area contributed by atoms with E-state index in [2.05, 4.69) is 10.2 Å². The molecule has 1 saturated heterocycles. The van der Waals surface area contributed by atoms with Crippen LogP contribution in [0.25, 0.3) is 0 Å². The molecule has 1 amide bonds. The number of benzene rings is 1. The average Bonchev–Trinajstić information content (AvgIpc) is 2.53. The number of piperazine rings is 1. The smallest absolute Gasteiger partial charge is 0.234 e. The Balaban J connectivity index is 1.76. The van der Waals surface area contributed by atoms with E-state index in [1.165, 1.54) is 18.2 Å². The Morgan fingerprint density at radius 3 is 2.38 bits per heavy atom. The number of nitrogens with zero attached hydrogens (tertiary/aromatic N) is 2. The average molecular weight is 341 g/mol. The van der Waals surface area contributed by atoms with Crippen LogP contribution in [0.5, 0.6) is 0 Å². The van der Waals surface area contributed by atoms with E-state index in [0.29, 0.717) is 6.54 Å². The highest BCUT2D eigenvalue weighted by molar-refractivity contribution is 5.78. The van der Waals surface area contributed by atoms with Gasteiger partial charge in [-0.25, -0.2) is 8.78 Å². The van der Waals surface area contributed by atoms with Crippen LogP contribution in [0.15, 0.2) is 18.2 Å². The number of aliphatic hydroxyl groups excluding tert-OH is 1. The first-order valence-electron chi connectivity index (χ1n) is 8.27. The monoisotopic (exact) mass is 341 g/mol. The van der Waals surface area contributed by atoms with Gasteiger partial charge in [-0.2, -0.15) is 0 Å². The van der Waals surface area contributed by atoms with E-state index in [4.69, 9.17) is 5.11 Å². The van der Waals surface area contributed by atoms with E-state index < -0.39 is 11.6 Å². The molecule has 2 N–H and O–H groups in total. The molecule has 1 atom stereocenters. The number of amides is 1. The fourth-order valence-corrected chi connectivity index (χ4v) is 2.92. The molecule has 24 heavy (non-hydrogen) atoms. The SMILES string of the molecule is CC(Cc1c(F)cccc1F)NC(=O)CN1CCN(CCO)CC1. The Morgan fingerprint density at radius 2 is 1.79 bits per heavy atom. The van der Waals surface area contributed by atoms with Gasteiger partial charge in [0.15, 0.2) is 0 Å². The summed E-state index contributed by atoms with van der Waals surface area (Å²) in [6.45, 7) is 6.00. The Kier molecular flexibility index (Phi) is 7.08.